The van der Waals surface area contributed by atoms with Crippen LogP contribution >= 0.6 is 0 Å². The highest BCUT2D eigenvalue weighted by Crippen LogP contribution is 2.35. The van der Waals surface area contributed by atoms with E-state index in [1.54, 1.807) is 13.3 Å². The Hall–Kier alpha value is -2.31. The molecule has 1 aliphatic heterocycles. The maximum Gasteiger partial charge on any atom is 0.418 e. The summed E-state index contributed by atoms with van der Waals surface area (Å²) in [5, 5.41) is 9.95. The molecule has 0 unspecified atom stereocenters. The molecule has 0 aliphatic carbocycles. The monoisotopic (exact) mass is 375 g/mol. The van der Waals surface area contributed by atoms with Gasteiger partial charge in [0.2, 0.25) is 0 Å². The Morgan fingerprint density at radius 1 is 1.26 bits per heavy atom. The first-order valence-electron chi connectivity index (χ1n) is 8.99. The quantitative estimate of drug-likeness (QED) is 0.766. The molecule has 1 aliphatic rings. The predicted molar refractivity (Wildman–Crippen MR) is 104 cm³/mol. The van der Waals surface area contributed by atoms with Crippen molar-refractivity contribution in [2.45, 2.75) is 39.2 Å². The number of rotatable bonds is 6. The van der Waals surface area contributed by atoms with Crippen molar-refractivity contribution >= 4 is 6.09 Å². The topological polar surface area (TPSA) is 68.2 Å². The second-order valence-corrected chi connectivity index (χ2v) is 7.35. The second kappa shape index (κ2) is 9.06. The number of carbonyl (C=O) groups excluding carboxylic acids is 1. The van der Waals surface area contributed by atoms with Crippen molar-refractivity contribution in [3.05, 3.63) is 53.4 Å². The summed E-state index contributed by atoms with van der Waals surface area (Å²) in [6, 6.07) is 7.71. The average molecular weight is 375 g/mol. The van der Waals surface area contributed by atoms with Crippen molar-refractivity contribution in [1.82, 2.24) is 4.90 Å². The summed E-state index contributed by atoms with van der Waals surface area (Å²) >= 11 is 0. The summed E-state index contributed by atoms with van der Waals surface area (Å²) in [6.07, 6.45) is 3.12. The molecule has 1 aromatic carbocycles. The smallest absolute Gasteiger partial charge is 0.418 e. The third-order valence-electron chi connectivity index (χ3n) is 4.16. The average Bonchev–Trinajstić information content (AvgIpc) is 2.60. The van der Waals surface area contributed by atoms with Crippen LogP contribution < -0.4 is 4.74 Å². The second-order valence-electron chi connectivity index (χ2n) is 7.35. The molecule has 0 saturated carbocycles. The van der Waals surface area contributed by atoms with Gasteiger partial charge >= 0.3 is 6.09 Å². The van der Waals surface area contributed by atoms with Crippen LogP contribution in [0.15, 0.2) is 47.8 Å². The van der Waals surface area contributed by atoms with Crippen LogP contribution in [0.2, 0.25) is 0 Å². The summed E-state index contributed by atoms with van der Waals surface area (Å²) in [5.41, 5.74) is 1.81. The van der Waals surface area contributed by atoms with Gasteiger partial charge in [0.25, 0.3) is 0 Å². The van der Waals surface area contributed by atoms with Crippen molar-refractivity contribution in [2.24, 2.45) is 0 Å². The largest absolute Gasteiger partial charge is 0.491 e. The minimum Gasteiger partial charge on any atom is -0.491 e. The standard InChI is InChI=1S/C21H29NO5/c1-15-19(14-23)18(9-10-22(15)20(24)27-21(2,3)4)16-7-6-8-17(13-16)26-12-11-25-5/h6-10,13,18,23H,11-12,14H2,1-5H3/t18-/m0/s1. The number of nitrogens with zero attached hydrogens (tertiary/aromatic N) is 1. The van der Waals surface area contributed by atoms with E-state index in [2.05, 4.69) is 0 Å². The number of carbonyl (C=O) groups is 1. The maximum absolute atomic E-state index is 12.4. The van der Waals surface area contributed by atoms with Gasteiger partial charge in [0, 0.05) is 24.9 Å². The first kappa shape index (κ1) is 21.0. The van der Waals surface area contributed by atoms with Gasteiger partial charge in [-0.2, -0.15) is 0 Å². The molecule has 6 nitrogen and oxygen atoms in total. The van der Waals surface area contributed by atoms with Crippen molar-refractivity contribution in [3.63, 3.8) is 0 Å². The first-order chi connectivity index (χ1) is 12.8. The Bertz CT molecular complexity index is 718. The van der Waals surface area contributed by atoms with Crippen molar-refractivity contribution < 1.29 is 24.1 Å². The van der Waals surface area contributed by atoms with Gasteiger partial charge in [-0.25, -0.2) is 4.79 Å². The van der Waals surface area contributed by atoms with Gasteiger partial charge in [0.05, 0.1) is 13.2 Å². The molecule has 1 N–H and O–H groups in total. The molecular formula is C21H29NO5. The highest BCUT2D eigenvalue weighted by molar-refractivity contribution is 5.73. The Kier molecular flexibility index (Phi) is 7.05. The number of aliphatic hydroxyl groups is 1. The van der Waals surface area contributed by atoms with Crippen LogP contribution in [0, 0.1) is 0 Å². The van der Waals surface area contributed by atoms with E-state index in [1.165, 1.54) is 4.90 Å². The molecule has 0 saturated heterocycles. The van der Waals surface area contributed by atoms with Crippen LogP contribution in [0.1, 0.15) is 39.2 Å². The summed E-state index contributed by atoms with van der Waals surface area (Å²) in [6.45, 7) is 8.10. The Morgan fingerprint density at radius 3 is 2.63 bits per heavy atom. The molecule has 0 radical (unpaired) electrons. The lowest BCUT2D eigenvalue weighted by Crippen LogP contribution is -2.35. The SMILES string of the molecule is COCCOc1cccc([C@@H]2C=CN(C(=O)OC(C)(C)C)C(C)=C2CO)c1. The van der Waals surface area contributed by atoms with E-state index in [-0.39, 0.29) is 12.5 Å². The molecule has 0 fully saturated rings. The van der Waals surface area contributed by atoms with Gasteiger partial charge < -0.3 is 19.3 Å². The summed E-state index contributed by atoms with van der Waals surface area (Å²) in [7, 11) is 1.63. The van der Waals surface area contributed by atoms with Crippen molar-refractivity contribution in [3.8, 4) is 5.75 Å². The number of amides is 1. The summed E-state index contributed by atoms with van der Waals surface area (Å²) < 4.78 is 16.1. The first-order valence-corrected chi connectivity index (χ1v) is 8.99. The van der Waals surface area contributed by atoms with Crippen molar-refractivity contribution in [1.29, 1.82) is 0 Å². The molecule has 6 heteroatoms. The molecule has 2 rings (SSSR count). The number of aliphatic hydroxyl groups excluding tert-OH is 1. The predicted octanol–water partition coefficient (Wildman–Crippen LogP) is 3.83. The number of hydrogen-bond acceptors (Lipinski definition) is 5. The lowest BCUT2D eigenvalue weighted by Gasteiger charge is -2.31. The van der Waals surface area contributed by atoms with E-state index in [0.29, 0.717) is 18.9 Å². The number of allylic oxidation sites excluding steroid dienone is 2. The molecule has 0 bridgehead atoms. The van der Waals surface area contributed by atoms with Gasteiger partial charge in [0.15, 0.2) is 0 Å². The zero-order chi connectivity index (χ0) is 20.0. The van der Waals surface area contributed by atoms with Crippen LogP contribution in [-0.4, -0.2) is 48.6 Å². The molecule has 1 amide bonds. The minimum atomic E-state index is -0.588. The molecule has 1 atom stereocenters. The fourth-order valence-electron chi connectivity index (χ4n) is 2.85. The van der Waals surface area contributed by atoms with E-state index < -0.39 is 11.7 Å². The highest BCUT2D eigenvalue weighted by Gasteiger charge is 2.29. The van der Waals surface area contributed by atoms with Crippen LogP contribution in [0.25, 0.3) is 0 Å². The maximum atomic E-state index is 12.4. The fraction of sp³-hybridized carbons (Fsp3) is 0.476. The third-order valence-corrected chi connectivity index (χ3v) is 4.16. The number of ether oxygens (including phenoxy) is 3. The Morgan fingerprint density at radius 2 is 2.00 bits per heavy atom. The molecule has 1 aromatic rings. The zero-order valence-electron chi connectivity index (χ0n) is 16.7. The van der Waals surface area contributed by atoms with E-state index in [4.69, 9.17) is 14.2 Å². The molecular weight excluding hydrogens is 346 g/mol. The Labute approximate surface area is 161 Å². The highest BCUT2D eigenvalue weighted by atomic mass is 16.6. The van der Waals surface area contributed by atoms with Crippen LogP contribution in [0.3, 0.4) is 0 Å². The molecule has 27 heavy (non-hydrogen) atoms. The normalized spacial score (nSPS) is 17.3. The molecule has 148 valence electrons. The number of methoxy groups -OCH3 is 1. The van der Waals surface area contributed by atoms with Crippen LogP contribution in [0.5, 0.6) is 5.75 Å². The van der Waals surface area contributed by atoms with Gasteiger partial charge in [0.1, 0.15) is 18.0 Å². The van der Waals surface area contributed by atoms with E-state index in [1.807, 2.05) is 58.0 Å². The molecule has 1 heterocycles. The number of hydrogen-bond donors (Lipinski definition) is 1. The van der Waals surface area contributed by atoms with E-state index in [9.17, 15) is 9.90 Å². The molecule has 0 spiro atoms. The summed E-state index contributed by atoms with van der Waals surface area (Å²) in [4.78, 5) is 13.9. The van der Waals surface area contributed by atoms with Gasteiger partial charge in [-0.3, -0.25) is 4.90 Å². The van der Waals surface area contributed by atoms with Gasteiger partial charge in [-0.05, 0) is 51.0 Å². The Balaban J connectivity index is 2.24. The van der Waals surface area contributed by atoms with Crippen LogP contribution in [0.4, 0.5) is 4.79 Å². The number of benzene rings is 1. The lowest BCUT2D eigenvalue weighted by molar-refractivity contribution is 0.0377. The summed E-state index contributed by atoms with van der Waals surface area (Å²) in [5.74, 6) is 0.599. The van der Waals surface area contributed by atoms with E-state index in [0.717, 1.165) is 16.9 Å². The van der Waals surface area contributed by atoms with E-state index >= 15 is 0 Å². The van der Waals surface area contributed by atoms with Gasteiger partial charge in [-0.1, -0.05) is 18.2 Å². The van der Waals surface area contributed by atoms with Crippen molar-refractivity contribution in [2.75, 3.05) is 26.9 Å². The van der Waals surface area contributed by atoms with Gasteiger partial charge in [-0.15, -0.1) is 0 Å². The third kappa shape index (κ3) is 5.58. The molecule has 0 aromatic heterocycles. The zero-order valence-corrected chi connectivity index (χ0v) is 16.7. The fourth-order valence-corrected chi connectivity index (χ4v) is 2.85. The minimum absolute atomic E-state index is 0.139. The lowest BCUT2D eigenvalue weighted by atomic mass is 9.88. The van der Waals surface area contributed by atoms with Crippen LogP contribution in [-0.2, 0) is 9.47 Å².